The van der Waals surface area contributed by atoms with Crippen molar-refractivity contribution in [2.75, 3.05) is 7.11 Å². The van der Waals surface area contributed by atoms with Crippen molar-refractivity contribution in [1.29, 1.82) is 0 Å². The Bertz CT molecular complexity index is 997. The van der Waals surface area contributed by atoms with E-state index >= 15 is 0 Å². The molecule has 1 heterocycles. The predicted molar refractivity (Wildman–Crippen MR) is 104 cm³/mol. The average Bonchev–Trinajstić information content (AvgIpc) is 3.20. The molecule has 28 heavy (non-hydrogen) atoms. The molecule has 2 aromatic carbocycles. The first-order chi connectivity index (χ1) is 13.5. The Labute approximate surface area is 162 Å². The number of nitrogens with one attached hydrogen (secondary N) is 1. The van der Waals surface area contributed by atoms with Crippen molar-refractivity contribution in [3.05, 3.63) is 66.0 Å². The lowest BCUT2D eigenvalue weighted by Crippen LogP contribution is -2.19. The molecule has 0 radical (unpaired) electrons. The van der Waals surface area contributed by atoms with E-state index in [1.165, 1.54) is 6.92 Å². The summed E-state index contributed by atoms with van der Waals surface area (Å²) in [6, 6.07) is 12.9. The summed E-state index contributed by atoms with van der Waals surface area (Å²) in [5.74, 6) is -0.407. The van der Waals surface area contributed by atoms with Gasteiger partial charge in [0.25, 0.3) is 0 Å². The van der Waals surface area contributed by atoms with Gasteiger partial charge in [-0.15, -0.1) is 0 Å². The number of rotatable bonds is 7. The van der Waals surface area contributed by atoms with Crippen molar-refractivity contribution in [2.45, 2.75) is 19.9 Å². The van der Waals surface area contributed by atoms with Gasteiger partial charge < -0.3 is 15.2 Å². The van der Waals surface area contributed by atoms with E-state index in [4.69, 9.17) is 9.84 Å². The number of methoxy groups -OCH3 is 1. The van der Waals surface area contributed by atoms with Gasteiger partial charge in [0, 0.05) is 31.4 Å². The first kappa shape index (κ1) is 19.2. The van der Waals surface area contributed by atoms with Gasteiger partial charge >= 0.3 is 5.97 Å². The van der Waals surface area contributed by atoms with E-state index in [0.717, 1.165) is 22.4 Å². The molecule has 3 aromatic rings. The van der Waals surface area contributed by atoms with Crippen LogP contribution in [0, 0.1) is 0 Å². The standard InChI is InChI=1S/C21H21N3O4/c1-14(25)22-13-16-12-17(24-9-3-8-23-24)5-6-18(16)19-10-15(11-21(26)27)4-7-20(19)28-2/h3-10,12H,11,13H2,1-2H3,(H,22,25)(H,26,27). The topological polar surface area (TPSA) is 93.4 Å². The van der Waals surface area contributed by atoms with Gasteiger partial charge in [0.05, 0.1) is 19.2 Å². The van der Waals surface area contributed by atoms with Gasteiger partial charge in [-0.1, -0.05) is 12.1 Å². The van der Waals surface area contributed by atoms with E-state index in [9.17, 15) is 9.59 Å². The highest BCUT2D eigenvalue weighted by Crippen LogP contribution is 2.34. The Balaban J connectivity index is 2.11. The van der Waals surface area contributed by atoms with Crippen LogP contribution in [-0.2, 0) is 22.6 Å². The van der Waals surface area contributed by atoms with Crippen LogP contribution in [0.4, 0.5) is 0 Å². The molecule has 0 aliphatic heterocycles. The molecule has 7 heteroatoms. The summed E-state index contributed by atoms with van der Waals surface area (Å²) in [6.07, 6.45) is 3.45. The van der Waals surface area contributed by atoms with E-state index in [1.54, 1.807) is 30.1 Å². The average molecular weight is 379 g/mol. The molecule has 0 saturated carbocycles. The number of carbonyl (C=O) groups is 2. The third kappa shape index (κ3) is 4.37. The Morgan fingerprint density at radius 2 is 2.00 bits per heavy atom. The van der Waals surface area contributed by atoms with E-state index in [0.29, 0.717) is 17.9 Å². The molecule has 0 aliphatic carbocycles. The molecule has 0 aliphatic rings. The molecule has 1 amide bonds. The second kappa shape index (κ2) is 8.39. The van der Waals surface area contributed by atoms with Crippen molar-refractivity contribution in [1.82, 2.24) is 15.1 Å². The second-order valence-electron chi connectivity index (χ2n) is 6.31. The van der Waals surface area contributed by atoms with Crippen LogP contribution < -0.4 is 10.1 Å². The van der Waals surface area contributed by atoms with Crippen LogP contribution in [0.2, 0.25) is 0 Å². The van der Waals surface area contributed by atoms with Crippen LogP contribution in [0.1, 0.15) is 18.1 Å². The van der Waals surface area contributed by atoms with Crippen molar-refractivity contribution < 1.29 is 19.4 Å². The zero-order chi connectivity index (χ0) is 20.1. The van der Waals surface area contributed by atoms with Crippen LogP contribution in [0.15, 0.2) is 54.9 Å². The zero-order valence-corrected chi connectivity index (χ0v) is 15.7. The summed E-state index contributed by atoms with van der Waals surface area (Å²) in [5, 5.41) is 16.2. The molecule has 0 spiro atoms. The first-order valence-electron chi connectivity index (χ1n) is 8.74. The molecule has 0 bridgehead atoms. The highest BCUT2D eigenvalue weighted by Gasteiger charge is 2.14. The van der Waals surface area contributed by atoms with Gasteiger partial charge in [-0.25, -0.2) is 4.68 Å². The maximum atomic E-state index is 11.5. The Hall–Kier alpha value is -3.61. The Morgan fingerprint density at radius 1 is 1.18 bits per heavy atom. The first-order valence-corrected chi connectivity index (χ1v) is 8.74. The monoisotopic (exact) mass is 379 g/mol. The maximum Gasteiger partial charge on any atom is 0.307 e. The van der Waals surface area contributed by atoms with Crippen molar-refractivity contribution in [2.24, 2.45) is 0 Å². The van der Waals surface area contributed by atoms with Crippen molar-refractivity contribution in [3.63, 3.8) is 0 Å². The smallest absolute Gasteiger partial charge is 0.307 e. The quantitative estimate of drug-likeness (QED) is 0.658. The Kier molecular flexibility index (Phi) is 5.74. The second-order valence-corrected chi connectivity index (χ2v) is 6.31. The molecule has 7 nitrogen and oxygen atoms in total. The summed E-state index contributed by atoms with van der Waals surface area (Å²) in [6.45, 7) is 1.79. The molecule has 0 fully saturated rings. The maximum absolute atomic E-state index is 11.5. The predicted octanol–water partition coefficient (Wildman–Crippen LogP) is 2.81. The number of carboxylic acids is 1. The number of ether oxygens (including phenoxy) is 1. The SMILES string of the molecule is COc1ccc(CC(=O)O)cc1-c1ccc(-n2cccn2)cc1CNC(C)=O. The molecule has 0 unspecified atom stereocenters. The molecule has 3 rings (SSSR count). The summed E-state index contributed by atoms with van der Waals surface area (Å²) in [7, 11) is 1.57. The largest absolute Gasteiger partial charge is 0.496 e. The van der Waals surface area contributed by atoms with Crippen LogP contribution in [0.25, 0.3) is 16.8 Å². The van der Waals surface area contributed by atoms with Gasteiger partial charge in [-0.3, -0.25) is 9.59 Å². The molecule has 144 valence electrons. The summed E-state index contributed by atoms with van der Waals surface area (Å²) < 4.78 is 7.23. The minimum absolute atomic E-state index is 0.0800. The van der Waals surface area contributed by atoms with Gasteiger partial charge in [-0.05, 0) is 47.0 Å². The lowest BCUT2D eigenvalue weighted by molar-refractivity contribution is -0.136. The Morgan fingerprint density at radius 3 is 2.64 bits per heavy atom. The third-order valence-electron chi connectivity index (χ3n) is 4.29. The fourth-order valence-electron chi connectivity index (χ4n) is 3.02. The van der Waals surface area contributed by atoms with E-state index in [1.807, 2.05) is 36.5 Å². The minimum Gasteiger partial charge on any atom is -0.496 e. The fraction of sp³-hybridized carbons (Fsp3) is 0.190. The fourth-order valence-corrected chi connectivity index (χ4v) is 3.02. The van der Waals surface area contributed by atoms with Crippen molar-refractivity contribution in [3.8, 4) is 22.6 Å². The summed E-state index contributed by atoms with van der Waals surface area (Å²) >= 11 is 0. The number of carboxylic acid groups (broad SMARTS) is 1. The molecular formula is C21H21N3O4. The van der Waals surface area contributed by atoms with Gasteiger partial charge in [0.2, 0.25) is 5.91 Å². The van der Waals surface area contributed by atoms with E-state index < -0.39 is 5.97 Å². The molecule has 0 saturated heterocycles. The number of aromatic nitrogens is 2. The summed E-state index contributed by atoms with van der Waals surface area (Å²) in [4.78, 5) is 22.6. The highest BCUT2D eigenvalue weighted by molar-refractivity contribution is 5.78. The molecule has 1 aromatic heterocycles. The van der Waals surface area contributed by atoms with Crippen LogP contribution in [0.5, 0.6) is 5.75 Å². The number of amides is 1. The van der Waals surface area contributed by atoms with Crippen LogP contribution >= 0.6 is 0 Å². The number of benzene rings is 2. The zero-order valence-electron chi connectivity index (χ0n) is 15.7. The van der Waals surface area contributed by atoms with Gasteiger partial charge in [0.15, 0.2) is 0 Å². The lowest BCUT2D eigenvalue weighted by Gasteiger charge is -2.16. The van der Waals surface area contributed by atoms with E-state index in [2.05, 4.69) is 10.4 Å². The van der Waals surface area contributed by atoms with Crippen LogP contribution in [-0.4, -0.2) is 33.9 Å². The number of hydrogen-bond acceptors (Lipinski definition) is 4. The molecule has 2 N–H and O–H groups in total. The van der Waals surface area contributed by atoms with Crippen molar-refractivity contribution >= 4 is 11.9 Å². The third-order valence-corrected chi connectivity index (χ3v) is 4.29. The minimum atomic E-state index is -0.899. The van der Waals surface area contributed by atoms with Crippen LogP contribution in [0.3, 0.4) is 0 Å². The molecule has 0 atom stereocenters. The van der Waals surface area contributed by atoms with Gasteiger partial charge in [-0.2, -0.15) is 5.10 Å². The number of hydrogen-bond donors (Lipinski definition) is 2. The van der Waals surface area contributed by atoms with Gasteiger partial charge in [0.1, 0.15) is 5.75 Å². The number of nitrogens with zero attached hydrogens (tertiary/aromatic N) is 2. The normalized spacial score (nSPS) is 10.5. The lowest BCUT2D eigenvalue weighted by atomic mass is 9.95. The number of carbonyl (C=O) groups excluding carboxylic acids is 1. The summed E-state index contributed by atoms with van der Waals surface area (Å²) in [5.41, 5.74) is 4.02. The highest BCUT2D eigenvalue weighted by atomic mass is 16.5. The van der Waals surface area contributed by atoms with E-state index in [-0.39, 0.29) is 12.3 Å². The number of aliphatic carboxylic acids is 1. The molecular weight excluding hydrogens is 358 g/mol.